The second-order valence-electron chi connectivity index (χ2n) is 3.77. The van der Waals surface area contributed by atoms with Gasteiger partial charge in [0.25, 0.3) is 0 Å². The average Bonchev–Trinajstić information content (AvgIpc) is 2.19. The van der Waals surface area contributed by atoms with Gasteiger partial charge in [0.2, 0.25) is 0 Å². The molecule has 1 saturated heterocycles. The number of carbonyl (C=O) groups is 1. The molecule has 4 heteroatoms. The maximum absolute atomic E-state index is 11.4. The van der Waals surface area contributed by atoms with Crippen LogP contribution in [0, 0.1) is 5.92 Å². The second kappa shape index (κ2) is 5.20. The quantitative estimate of drug-likeness (QED) is 0.728. The van der Waals surface area contributed by atoms with E-state index in [2.05, 4.69) is 6.92 Å². The Labute approximate surface area is 85.4 Å². The first-order valence-electron chi connectivity index (χ1n) is 5.36. The van der Waals surface area contributed by atoms with Crippen LogP contribution in [0.15, 0.2) is 0 Å². The maximum atomic E-state index is 11.4. The lowest BCUT2D eigenvalue weighted by Crippen LogP contribution is -2.49. The number of amides is 1. The van der Waals surface area contributed by atoms with Crippen molar-refractivity contribution in [2.75, 3.05) is 19.7 Å². The fourth-order valence-electron chi connectivity index (χ4n) is 1.86. The molecule has 0 aliphatic carbocycles. The van der Waals surface area contributed by atoms with Crippen LogP contribution in [0.5, 0.6) is 0 Å². The average molecular weight is 200 g/mol. The molecule has 0 bridgehead atoms. The summed E-state index contributed by atoms with van der Waals surface area (Å²) in [7, 11) is 0. The highest BCUT2D eigenvalue weighted by atomic mass is 16.6. The van der Waals surface area contributed by atoms with Gasteiger partial charge in [-0.3, -0.25) is 0 Å². The third-order valence-corrected chi connectivity index (χ3v) is 2.84. The summed E-state index contributed by atoms with van der Waals surface area (Å²) in [4.78, 5) is 13.2. The van der Waals surface area contributed by atoms with Crippen LogP contribution in [0.1, 0.15) is 26.7 Å². The van der Waals surface area contributed by atoms with Crippen molar-refractivity contribution in [3.05, 3.63) is 0 Å². The summed E-state index contributed by atoms with van der Waals surface area (Å²) in [6, 6.07) is 0.241. The van der Waals surface area contributed by atoms with Crippen molar-refractivity contribution in [2.45, 2.75) is 32.7 Å². The third-order valence-electron chi connectivity index (χ3n) is 2.84. The molecule has 0 spiro atoms. The molecule has 82 valence electrons. The molecule has 1 amide bonds. The van der Waals surface area contributed by atoms with E-state index in [9.17, 15) is 4.79 Å². The molecule has 0 aromatic rings. The standard InChI is InChI=1S/C10H20N2O2/c1-3-8-7-12(6-5-9(8)11)10(13)14-4-2/h8-9H,3-7,11H2,1-2H3. The van der Waals surface area contributed by atoms with E-state index in [4.69, 9.17) is 10.5 Å². The molecule has 1 fully saturated rings. The summed E-state index contributed by atoms with van der Waals surface area (Å²) < 4.78 is 4.96. The van der Waals surface area contributed by atoms with Crippen LogP contribution in [0.25, 0.3) is 0 Å². The highest BCUT2D eigenvalue weighted by Crippen LogP contribution is 2.18. The zero-order valence-electron chi connectivity index (χ0n) is 9.03. The van der Waals surface area contributed by atoms with Gasteiger partial charge in [-0.25, -0.2) is 4.79 Å². The molecule has 2 N–H and O–H groups in total. The molecule has 1 heterocycles. The summed E-state index contributed by atoms with van der Waals surface area (Å²) in [5.41, 5.74) is 5.95. The highest BCUT2D eigenvalue weighted by molar-refractivity contribution is 5.67. The zero-order chi connectivity index (χ0) is 10.6. The molecule has 1 rings (SSSR count). The van der Waals surface area contributed by atoms with Crippen molar-refractivity contribution in [1.82, 2.24) is 4.90 Å². The van der Waals surface area contributed by atoms with E-state index >= 15 is 0 Å². The van der Waals surface area contributed by atoms with Crippen molar-refractivity contribution in [3.63, 3.8) is 0 Å². The van der Waals surface area contributed by atoms with Crippen molar-refractivity contribution >= 4 is 6.09 Å². The Balaban J connectivity index is 2.45. The second-order valence-corrected chi connectivity index (χ2v) is 3.77. The number of nitrogens with zero attached hydrogens (tertiary/aromatic N) is 1. The Kier molecular flexibility index (Phi) is 4.20. The van der Waals surface area contributed by atoms with Gasteiger partial charge < -0.3 is 15.4 Å². The molecule has 0 radical (unpaired) electrons. The molecule has 14 heavy (non-hydrogen) atoms. The van der Waals surface area contributed by atoms with E-state index in [1.54, 1.807) is 4.90 Å². The fourth-order valence-corrected chi connectivity index (χ4v) is 1.86. The van der Waals surface area contributed by atoms with E-state index in [0.717, 1.165) is 25.9 Å². The van der Waals surface area contributed by atoms with E-state index < -0.39 is 0 Å². The number of ether oxygens (including phenoxy) is 1. The van der Waals surface area contributed by atoms with Gasteiger partial charge in [-0.2, -0.15) is 0 Å². The van der Waals surface area contributed by atoms with Gasteiger partial charge in [0.15, 0.2) is 0 Å². The SMILES string of the molecule is CCOC(=O)N1CCC(N)C(CC)C1. The summed E-state index contributed by atoms with van der Waals surface area (Å²) in [6.07, 6.45) is 1.71. The van der Waals surface area contributed by atoms with Gasteiger partial charge in [0.1, 0.15) is 0 Å². The van der Waals surface area contributed by atoms with Crippen LogP contribution < -0.4 is 5.73 Å². The number of rotatable bonds is 2. The van der Waals surface area contributed by atoms with Gasteiger partial charge in [-0.15, -0.1) is 0 Å². The Morgan fingerprint density at radius 1 is 1.57 bits per heavy atom. The maximum Gasteiger partial charge on any atom is 0.409 e. The third kappa shape index (κ3) is 2.61. The summed E-state index contributed by atoms with van der Waals surface area (Å²) >= 11 is 0. The zero-order valence-corrected chi connectivity index (χ0v) is 9.03. The number of likely N-dealkylation sites (tertiary alicyclic amines) is 1. The highest BCUT2D eigenvalue weighted by Gasteiger charge is 2.28. The van der Waals surface area contributed by atoms with Crippen LogP contribution >= 0.6 is 0 Å². The first-order chi connectivity index (χ1) is 6.69. The van der Waals surface area contributed by atoms with Crippen molar-refractivity contribution < 1.29 is 9.53 Å². The van der Waals surface area contributed by atoms with Crippen molar-refractivity contribution in [1.29, 1.82) is 0 Å². The molecule has 2 atom stereocenters. The Hall–Kier alpha value is -0.770. The van der Waals surface area contributed by atoms with Crippen molar-refractivity contribution in [2.24, 2.45) is 11.7 Å². The molecule has 1 aliphatic rings. The first-order valence-corrected chi connectivity index (χ1v) is 5.36. The number of hydrogen-bond acceptors (Lipinski definition) is 3. The van der Waals surface area contributed by atoms with Crippen LogP contribution in [0.3, 0.4) is 0 Å². The predicted molar refractivity (Wildman–Crippen MR) is 55.0 cm³/mol. The van der Waals surface area contributed by atoms with E-state index in [-0.39, 0.29) is 12.1 Å². The molecule has 0 saturated carbocycles. The summed E-state index contributed by atoms with van der Waals surface area (Å²) in [5.74, 6) is 0.424. The van der Waals surface area contributed by atoms with Crippen LogP contribution in [0.4, 0.5) is 4.79 Å². The number of nitrogens with two attached hydrogens (primary N) is 1. The topological polar surface area (TPSA) is 55.6 Å². The minimum absolute atomic E-state index is 0.196. The van der Waals surface area contributed by atoms with Gasteiger partial charge in [-0.05, 0) is 19.3 Å². The van der Waals surface area contributed by atoms with Crippen LogP contribution in [-0.2, 0) is 4.74 Å². The monoisotopic (exact) mass is 200 g/mol. The number of carbonyl (C=O) groups excluding carboxylic acids is 1. The van der Waals surface area contributed by atoms with Gasteiger partial charge in [-0.1, -0.05) is 13.3 Å². The number of piperidine rings is 1. The molecular weight excluding hydrogens is 180 g/mol. The first kappa shape index (κ1) is 11.3. The normalized spacial score (nSPS) is 27.5. The van der Waals surface area contributed by atoms with Gasteiger partial charge in [0.05, 0.1) is 6.61 Å². The van der Waals surface area contributed by atoms with E-state index in [0.29, 0.717) is 12.5 Å². The Morgan fingerprint density at radius 3 is 2.86 bits per heavy atom. The minimum Gasteiger partial charge on any atom is -0.450 e. The largest absolute Gasteiger partial charge is 0.450 e. The number of hydrogen-bond donors (Lipinski definition) is 1. The minimum atomic E-state index is -0.196. The lowest BCUT2D eigenvalue weighted by molar-refractivity contribution is 0.0829. The lowest BCUT2D eigenvalue weighted by atomic mass is 9.91. The van der Waals surface area contributed by atoms with Crippen molar-refractivity contribution in [3.8, 4) is 0 Å². The predicted octanol–water partition coefficient (Wildman–Crippen LogP) is 1.20. The van der Waals surface area contributed by atoms with Crippen LogP contribution in [-0.4, -0.2) is 36.7 Å². The smallest absolute Gasteiger partial charge is 0.409 e. The lowest BCUT2D eigenvalue weighted by Gasteiger charge is -2.35. The molecule has 0 aromatic carbocycles. The molecule has 2 unspecified atom stereocenters. The molecule has 1 aliphatic heterocycles. The summed E-state index contributed by atoms with van der Waals surface area (Å²) in [5, 5.41) is 0. The van der Waals surface area contributed by atoms with Crippen LogP contribution in [0.2, 0.25) is 0 Å². The fraction of sp³-hybridized carbons (Fsp3) is 0.900. The molecular formula is C10H20N2O2. The molecule has 0 aromatic heterocycles. The molecule has 4 nitrogen and oxygen atoms in total. The van der Waals surface area contributed by atoms with E-state index in [1.807, 2.05) is 6.92 Å². The van der Waals surface area contributed by atoms with E-state index in [1.165, 1.54) is 0 Å². The Morgan fingerprint density at radius 2 is 2.29 bits per heavy atom. The summed E-state index contributed by atoms with van der Waals surface area (Å²) in [6.45, 7) is 5.86. The van der Waals surface area contributed by atoms with Gasteiger partial charge >= 0.3 is 6.09 Å². The Bertz CT molecular complexity index is 197. The van der Waals surface area contributed by atoms with Gasteiger partial charge in [0, 0.05) is 19.1 Å².